The lowest BCUT2D eigenvalue weighted by Crippen LogP contribution is -2.53. The van der Waals surface area contributed by atoms with Crippen LogP contribution in [-0.2, 0) is 4.79 Å². The maximum absolute atomic E-state index is 12.6. The largest absolute Gasteiger partial charge is 0.463 e. The van der Waals surface area contributed by atoms with Gasteiger partial charge in [-0.2, -0.15) is 27.2 Å². The van der Waals surface area contributed by atoms with Crippen LogP contribution in [0.3, 0.4) is 0 Å². The minimum Gasteiger partial charge on any atom is -0.346 e. The summed E-state index contributed by atoms with van der Waals surface area (Å²) in [5.41, 5.74) is 0. The number of carbonyl (C=O) groups is 1. The number of nitriles is 1. The van der Waals surface area contributed by atoms with E-state index < -0.39 is 30.0 Å². The molecule has 0 spiro atoms. The van der Waals surface area contributed by atoms with Crippen LogP contribution in [0.4, 0.5) is 22.0 Å². The van der Waals surface area contributed by atoms with E-state index in [0.717, 1.165) is 0 Å². The van der Waals surface area contributed by atoms with E-state index in [1.54, 1.807) is 11.4 Å². The highest BCUT2D eigenvalue weighted by atomic mass is 19.4. The van der Waals surface area contributed by atoms with Crippen molar-refractivity contribution in [3.05, 3.63) is 0 Å². The van der Waals surface area contributed by atoms with Crippen molar-refractivity contribution in [2.45, 2.75) is 37.4 Å². The third-order valence-electron chi connectivity index (χ3n) is 2.64. The fourth-order valence-corrected chi connectivity index (χ4v) is 1.68. The Kier molecular flexibility index (Phi) is 3.59. The van der Waals surface area contributed by atoms with Crippen molar-refractivity contribution in [1.82, 2.24) is 5.32 Å². The van der Waals surface area contributed by atoms with Crippen molar-refractivity contribution in [3.63, 3.8) is 0 Å². The molecule has 3 nitrogen and oxygen atoms in total. The van der Waals surface area contributed by atoms with Gasteiger partial charge in [-0.25, -0.2) is 0 Å². The molecule has 8 heteroatoms. The summed E-state index contributed by atoms with van der Waals surface area (Å²) in [7, 11) is 0. The fraction of sp³-hybridized carbons (Fsp3) is 0.778. The zero-order valence-electron chi connectivity index (χ0n) is 8.52. The molecule has 0 radical (unpaired) electrons. The van der Waals surface area contributed by atoms with Crippen LogP contribution in [0.15, 0.2) is 0 Å². The van der Waals surface area contributed by atoms with Crippen LogP contribution < -0.4 is 5.32 Å². The molecule has 1 rings (SSSR count). The summed E-state index contributed by atoms with van der Waals surface area (Å²) in [6.45, 7) is 0. The van der Waals surface area contributed by atoms with Crippen LogP contribution in [0.25, 0.3) is 0 Å². The second-order valence-corrected chi connectivity index (χ2v) is 3.82. The lowest BCUT2D eigenvalue weighted by atomic mass is 10.1. The first-order valence-corrected chi connectivity index (χ1v) is 4.85. The van der Waals surface area contributed by atoms with E-state index in [1.807, 2.05) is 0 Å². The predicted molar refractivity (Wildman–Crippen MR) is 45.9 cm³/mol. The lowest BCUT2D eigenvalue weighted by molar-refractivity contribution is -0.270. The highest BCUT2D eigenvalue weighted by molar-refractivity contribution is 5.84. The van der Waals surface area contributed by atoms with Crippen molar-refractivity contribution in [1.29, 1.82) is 5.26 Å². The van der Waals surface area contributed by atoms with Crippen molar-refractivity contribution in [3.8, 4) is 6.07 Å². The van der Waals surface area contributed by atoms with Crippen molar-refractivity contribution < 1.29 is 26.7 Å². The Balaban J connectivity index is 2.70. The average molecular weight is 256 g/mol. The molecule has 2 unspecified atom stereocenters. The average Bonchev–Trinajstić information content (AvgIpc) is 2.63. The minimum atomic E-state index is -5.92. The summed E-state index contributed by atoms with van der Waals surface area (Å²) in [4.78, 5) is 10.8. The molecule has 0 aromatic heterocycles. The normalized spacial score (nSPS) is 25.4. The van der Waals surface area contributed by atoms with Crippen molar-refractivity contribution in [2.75, 3.05) is 0 Å². The molecule has 0 aliphatic heterocycles. The molecule has 0 aromatic carbocycles. The van der Waals surface area contributed by atoms with Gasteiger partial charge in [0.2, 0.25) is 0 Å². The second kappa shape index (κ2) is 4.47. The summed E-state index contributed by atoms with van der Waals surface area (Å²) >= 11 is 0. The van der Waals surface area contributed by atoms with Crippen LogP contribution in [0.1, 0.15) is 19.3 Å². The van der Waals surface area contributed by atoms with E-state index in [4.69, 9.17) is 5.26 Å². The van der Waals surface area contributed by atoms with E-state index in [9.17, 15) is 26.7 Å². The predicted octanol–water partition coefficient (Wildman–Crippen LogP) is 1.99. The molecule has 1 amide bonds. The zero-order valence-corrected chi connectivity index (χ0v) is 8.52. The number of alkyl halides is 5. The molecular weight excluding hydrogens is 247 g/mol. The summed E-state index contributed by atoms with van der Waals surface area (Å²) in [6, 6.07) is 0.839. The number of carbonyl (C=O) groups excluding carboxylic acids is 1. The Hall–Kier alpha value is -1.39. The lowest BCUT2D eigenvalue weighted by Gasteiger charge is -2.22. The van der Waals surface area contributed by atoms with Crippen LogP contribution >= 0.6 is 0 Å². The number of halogens is 5. The standard InChI is InChI=1S/C9H9F5N2O/c10-8(11,9(12,13)14)7(17)16-6-3-1-2-5(6)4-15/h5-6H,1-3H2,(H,16,17). The van der Waals surface area contributed by atoms with Crippen molar-refractivity contribution in [2.24, 2.45) is 5.92 Å². The van der Waals surface area contributed by atoms with Gasteiger partial charge < -0.3 is 5.32 Å². The van der Waals surface area contributed by atoms with Crippen molar-refractivity contribution >= 4 is 5.91 Å². The first kappa shape index (κ1) is 13.7. The molecule has 2 atom stereocenters. The number of nitrogens with one attached hydrogen (secondary N) is 1. The summed E-state index contributed by atoms with van der Waals surface area (Å²) in [6.07, 6.45) is -4.78. The molecule has 0 saturated heterocycles. The van der Waals surface area contributed by atoms with E-state index in [-0.39, 0.29) is 6.42 Å². The Morgan fingerprint density at radius 1 is 1.24 bits per heavy atom. The maximum atomic E-state index is 12.6. The number of nitrogens with zero attached hydrogens (tertiary/aromatic N) is 1. The third kappa shape index (κ3) is 2.65. The number of rotatable bonds is 2. The number of hydrogen-bond donors (Lipinski definition) is 1. The quantitative estimate of drug-likeness (QED) is 0.768. The molecule has 1 aliphatic carbocycles. The first-order valence-electron chi connectivity index (χ1n) is 4.85. The molecule has 1 fully saturated rings. The van der Waals surface area contributed by atoms with E-state index in [1.165, 1.54) is 0 Å². The van der Waals surface area contributed by atoms with Crippen LogP contribution in [0, 0.1) is 17.2 Å². The Labute approximate surface area is 93.6 Å². The van der Waals surface area contributed by atoms with Gasteiger partial charge in [-0.05, 0) is 19.3 Å². The van der Waals surface area contributed by atoms with E-state index in [2.05, 4.69) is 0 Å². The Morgan fingerprint density at radius 2 is 1.82 bits per heavy atom. The zero-order chi connectivity index (χ0) is 13.3. The Morgan fingerprint density at radius 3 is 2.29 bits per heavy atom. The van der Waals surface area contributed by atoms with Gasteiger partial charge in [0.05, 0.1) is 12.0 Å². The minimum absolute atomic E-state index is 0.234. The maximum Gasteiger partial charge on any atom is 0.463 e. The Bertz CT molecular complexity index is 346. The van der Waals surface area contributed by atoms with Gasteiger partial charge in [0.15, 0.2) is 0 Å². The van der Waals surface area contributed by atoms with Gasteiger partial charge in [0.25, 0.3) is 0 Å². The molecule has 1 N–H and O–H groups in total. The van der Waals surface area contributed by atoms with Gasteiger partial charge in [-0.1, -0.05) is 0 Å². The summed E-state index contributed by atoms with van der Waals surface area (Å²) in [5.74, 6) is -8.52. The van der Waals surface area contributed by atoms with E-state index >= 15 is 0 Å². The monoisotopic (exact) mass is 256 g/mol. The molecule has 96 valence electrons. The van der Waals surface area contributed by atoms with Gasteiger partial charge in [-0.3, -0.25) is 4.79 Å². The summed E-state index contributed by atoms with van der Waals surface area (Å²) < 4.78 is 60.8. The SMILES string of the molecule is N#CC1CCCC1NC(=O)C(F)(F)C(F)(F)F. The second-order valence-electron chi connectivity index (χ2n) is 3.82. The summed E-state index contributed by atoms with van der Waals surface area (Å²) in [5, 5.41) is 10.2. The topological polar surface area (TPSA) is 52.9 Å². The van der Waals surface area contributed by atoms with E-state index in [0.29, 0.717) is 12.8 Å². The number of hydrogen-bond acceptors (Lipinski definition) is 2. The smallest absolute Gasteiger partial charge is 0.346 e. The highest BCUT2D eigenvalue weighted by Gasteiger charge is 2.63. The molecule has 1 saturated carbocycles. The van der Waals surface area contributed by atoms with Crippen LogP contribution in [-0.4, -0.2) is 24.0 Å². The number of amides is 1. The fourth-order valence-electron chi connectivity index (χ4n) is 1.68. The third-order valence-corrected chi connectivity index (χ3v) is 2.64. The van der Waals surface area contributed by atoms with Crippen LogP contribution in [0.5, 0.6) is 0 Å². The first-order chi connectivity index (χ1) is 7.70. The molecular formula is C9H9F5N2O. The molecule has 0 bridgehead atoms. The molecule has 0 heterocycles. The van der Waals surface area contributed by atoms with Crippen LogP contribution in [0.2, 0.25) is 0 Å². The van der Waals surface area contributed by atoms with Gasteiger partial charge >= 0.3 is 18.0 Å². The van der Waals surface area contributed by atoms with Gasteiger partial charge in [0, 0.05) is 6.04 Å². The highest BCUT2D eigenvalue weighted by Crippen LogP contribution is 2.36. The molecule has 17 heavy (non-hydrogen) atoms. The van der Waals surface area contributed by atoms with Gasteiger partial charge in [0.1, 0.15) is 0 Å². The molecule has 0 aromatic rings. The van der Waals surface area contributed by atoms with Gasteiger partial charge in [-0.15, -0.1) is 0 Å². The molecule has 1 aliphatic rings.